The summed E-state index contributed by atoms with van der Waals surface area (Å²) in [6, 6.07) is 6.78. The molecule has 0 saturated carbocycles. The molecule has 1 aliphatic rings. The number of ether oxygens (including phenoxy) is 2. The van der Waals surface area contributed by atoms with Gasteiger partial charge in [-0.05, 0) is 26.0 Å². The molecule has 1 aromatic carbocycles. The molecule has 5 nitrogen and oxygen atoms in total. The van der Waals surface area contributed by atoms with Crippen LogP contribution in [0.25, 0.3) is 0 Å². The lowest BCUT2D eigenvalue weighted by Crippen LogP contribution is -2.52. The predicted octanol–water partition coefficient (Wildman–Crippen LogP) is 1.72. The van der Waals surface area contributed by atoms with Crippen molar-refractivity contribution in [3.63, 3.8) is 0 Å². The molecule has 0 fully saturated rings. The summed E-state index contributed by atoms with van der Waals surface area (Å²) in [6.45, 7) is 3.66. The lowest BCUT2D eigenvalue weighted by Gasteiger charge is -2.38. The second kappa shape index (κ2) is 5.63. The molecule has 20 heavy (non-hydrogen) atoms. The Labute approximate surface area is 117 Å². The third kappa shape index (κ3) is 2.67. The predicted molar refractivity (Wildman–Crippen MR) is 71.7 cm³/mol. The molecule has 0 saturated heterocycles. The summed E-state index contributed by atoms with van der Waals surface area (Å²) in [7, 11) is 0. The molecule has 2 atom stereocenters. The van der Waals surface area contributed by atoms with E-state index in [1.165, 1.54) is 0 Å². The van der Waals surface area contributed by atoms with E-state index < -0.39 is 11.7 Å². The second-order valence-corrected chi connectivity index (χ2v) is 4.98. The Kier molecular flexibility index (Phi) is 4.09. The van der Waals surface area contributed by atoms with Crippen LogP contribution in [0.15, 0.2) is 24.3 Å². The SMILES string of the molecule is CCOC(=O)CCC1(C)Oc2ccccc2C(=O)C1O. The summed E-state index contributed by atoms with van der Waals surface area (Å²) >= 11 is 0. The minimum atomic E-state index is -1.29. The van der Waals surface area contributed by atoms with Gasteiger partial charge >= 0.3 is 5.97 Å². The van der Waals surface area contributed by atoms with Crippen LogP contribution in [0.5, 0.6) is 5.75 Å². The van der Waals surface area contributed by atoms with E-state index in [2.05, 4.69) is 0 Å². The largest absolute Gasteiger partial charge is 0.484 e. The van der Waals surface area contributed by atoms with Crippen LogP contribution in [-0.2, 0) is 9.53 Å². The Bertz CT molecular complexity index is 525. The maximum atomic E-state index is 12.2. The van der Waals surface area contributed by atoms with Crippen molar-refractivity contribution in [2.75, 3.05) is 6.61 Å². The summed E-state index contributed by atoms with van der Waals surface area (Å²) in [5.74, 6) is -0.303. The van der Waals surface area contributed by atoms with Crippen molar-refractivity contribution in [1.29, 1.82) is 0 Å². The van der Waals surface area contributed by atoms with Gasteiger partial charge in [0.15, 0.2) is 11.9 Å². The smallest absolute Gasteiger partial charge is 0.305 e. The van der Waals surface area contributed by atoms with Crippen LogP contribution >= 0.6 is 0 Å². The van der Waals surface area contributed by atoms with Crippen molar-refractivity contribution in [2.45, 2.75) is 38.4 Å². The van der Waals surface area contributed by atoms with Crippen molar-refractivity contribution in [1.82, 2.24) is 0 Å². The average Bonchev–Trinajstić information content (AvgIpc) is 2.43. The van der Waals surface area contributed by atoms with Crippen LogP contribution in [0.1, 0.15) is 37.0 Å². The number of aliphatic hydroxyl groups is 1. The van der Waals surface area contributed by atoms with Gasteiger partial charge in [-0.2, -0.15) is 0 Å². The van der Waals surface area contributed by atoms with Crippen LogP contribution in [-0.4, -0.2) is 35.2 Å². The Hall–Kier alpha value is -1.88. The third-order valence-corrected chi connectivity index (χ3v) is 3.45. The topological polar surface area (TPSA) is 72.8 Å². The maximum absolute atomic E-state index is 12.2. The third-order valence-electron chi connectivity index (χ3n) is 3.45. The number of para-hydroxylation sites is 1. The standard InChI is InChI=1S/C15H18O5/c1-3-19-12(16)8-9-15(2)14(18)13(17)10-6-4-5-7-11(10)20-15/h4-7,14,18H,3,8-9H2,1-2H3. The first kappa shape index (κ1) is 14.5. The van der Waals surface area contributed by atoms with E-state index in [0.717, 1.165) is 0 Å². The minimum Gasteiger partial charge on any atom is -0.484 e. The van der Waals surface area contributed by atoms with E-state index in [0.29, 0.717) is 17.9 Å². The van der Waals surface area contributed by atoms with Gasteiger partial charge in [0.2, 0.25) is 0 Å². The van der Waals surface area contributed by atoms with Crippen molar-refractivity contribution in [2.24, 2.45) is 0 Å². The molecule has 1 heterocycles. The quantitative estimate of drug-likeness (QED) is 0.849. The Morgan fingerprint density at radius 3 is 2.85 bits per heavy atom. The lowest BCUT2D eigenvalue weighted by atomic mass is 9.85. The van der Waals surface area contributed by atoms with Gasteiger partial charge in [0.1, 0.15) is 11.4 Å². The maximum Gasteiger partial charge on any atom is 0.305 e. The van der Waals surface area contributed by atoms with E-state index in [4.69, 9.17) is 9.47 Å². The van der Waals surface area contributed by atoms with E-state index in [1.807, 2.05) is 0 Å². The van der Waals surface area contributed by atoms with Gasteiger partial charge in [-0.25, -0.2) is 0 Å². The number of ketones is 1. The van der Waals surface area contributed by atoms with Crippen LogP contribution in [0.2, 0.25) is 0 Å². The van der Waals surface area contributed by atoms with Crippen molar-refractivity contribution in [3.05, 3.63) is 29.8 Å². The minimum absolute atomic E-state index is 0.0941. The number of aliphatic hydroxyl groups excluding tert-OH is 1. The highest BCUT2D eigenvalue weighted by Gasteiger charge is 2.45. The number of hydrogen-bond donors (Lipinski definition) is 1. The zero-order valence-electron chi connectivity index (χ0n) is 11.6. The molecule has 2 rings (SSSR count). The van der Waals surface area contributed by atoms with Gasteiger partial charge in [0.25, 0.3) is 0 Å². The van der Waals surface area contributed by atoms with E-state index in [-0.39, 0.29) is 24.6 Å². The highest BCUT2D eigenvalue weighted by Crippen LogP contribution is 2.35. The first-order valence-electron chi connectivity index (χ1n) is 6.64. The summed E-state index contributed by atoms with van der Waals surface area (Å²) in [6.07, 6.45) is -0.976. The fourth-order valence-corrected chi connectivity index (χ4v) is 2.26. The highest BCUT2D eigenvalue weighted by molar-refractivity contribution is 6.03. The molecule has 1 aromatic rings. The Morgan fingerprint density at radius 2 is 2.15 bits per heavy atom. The van der Waals surface area contributed by atoms with Crippen molar-refractivity contribution < 1.29 is 24.2 Å². The monoisotopic (exact) mass is 278 g/mol. The number of fused-ring (bicyclic) bond motifs is 1. The molecule has 1 aliphatic heterocycles. The zero-order valence-corrected chi connectivity index (χ0v) is 11.6. The molecule has 1 N–H and O–H groups in total. The van der Waals surface area contributed by atoms with E-state index in [9.17, 15) is 14.7 Å². The normalized spacial score (nSPS) is 24.8. The number of rotatable bonds is 4. The number of carbonyl (C=O) groups excluding carboxylic acids is 2. The zero-order chi connectivity index (χ0) is 14.8. The summed E-state index contributed by atoms with van der Waals surface area (Å²) in [5.41, 5.74) is -0.744. The fourth-order valence-electron chi connectivity index (χ4n) is 2.26. The summed E-state index contributed by atoms with van der Waals surface area (Å²) < 4.78 is 10.6. The van der Waals surface area contributed by atoms with E-state index >= 15 is 0 Å². The number of carbonyl (C=O) groups is 2. The number of hydrogen-bond acceptors (Lipinski definition) is 5. The molecule has 0 spiro atoms. The molecule has 108 valence electrons. The van der Waals surface area contributed by atoms with E-state index in [1.54, 1.807) is 38.1 Å². The first-order chi connectivity index (χ1) is 9.48. The summed E-state index contributed by atoms with van der Waals surface area (Å²) in [5, 5.41) is 10.2. The van der Waals surface area contributed by atoms with Crippen molar-refractivity contribution in [3.8, 4) is 5.75 Å². The van der Waals surface area contributed by atoms with Gasteiger partial charge in [0.05, 0.1) is 12.2 Å². The van der Waals surface area contributed by atoms with Crippen LogP contribution in [0.4, 0.5) is 0 Å². The molecular formula is C15H18O5. The highest BCUT2D eigenvalue weighted by atomic mass is 16.5. The van der Waals surface area contributed by atoms with Crippen LogP contribution < -0.4 is 4.74 Å². The molecule has 5 heteroatoms. The Balaban J connectivity index is 2.16. The van der Waals surface area contributed by atoms with Gasteiger partial charge in [-0.15, -0.1) is 0 Å². The molecule has 0 bridgehead atoms. The Morgan fingerprint density at radius 1 is 1.45 bits per heavy atom. The summed E-state index contributed by atoms with van der Waals surface area (Å²) in [4.78, 5) is 23.6. The number of Topliss-reactive ketones (excluding diaryl/α,β-unsaturated/α-hetero) is 1. The van der Waals surface area contributed by atoms with Crippen LogP contribution in [0.3, 0.4) is 0 Å². The van der Waals surface area contributed by atoms with Gasteiger partial charge in [-0.1, -0.05) is 12.1 Å². The van der Waals surface area contributed by atoms with Gasteiger partial charge in [0, 0.05) is 12.8 Å². The van der Waals surface area contributed by atoms with Crippen molar-refractivity contribution >= 4 is 11.8 Å². The van der Waals surface area contributed by atoms with Gasteiger partial charge in [-0.3, -0.25) is 9.59 Å². The number of benzene rings is 1. The lowest BCUT2D eigenvalue weighted by molar-refractivity contribution is -0.145. The first-order valence-corrected chi connectivity index (χ1v) is 6.64. The molecule has 0 amide bonds. The second-order valence-electron chi connectivity index (χ2n) is 4.98. The molecule has 0 aromatic heterocycles. The molecule has 2 unspecified atom stereocenters. The van der Waals surface area contributed by atoms with Gasteiger partial charge < -0.3 is 14.6 Å². The molecular weight excluding hydrogens is 260 g/mol. The average molecular weight is 278 g/mol. The number of esters is 1. The van der Waals surface area contributed by atoms with Crippen LogP contribution in [0, 0.1) is 0 Å². The molecule has 0 radical (unpaired) electrons. The fraction of sp³-hybridized carbons (Fsp3) is 0.467. The molecule has 0 aliphatic carbocycles.